The van der Waals surface area contributed by atoms with Gasteiger partial charge in [0.05, 0.1) is 6.54 Å². The van der Waals surface area contributed by atoms with E-state index in [2.05, 4.69) is 34.0 Å². The molecule has 7 heteroatoms. The molecule has 1 saturated heterocycles. The van der Waals surface area contributed by atoms with E-state index in [4.69, 9.17) is 0 Å². The van der Waals surface area contributed by atoms with Gasteiger partial charge in [0.1, 0.15) is 5.82 Å². The van der Waals surface area contributed by atoms with E-state index in [0.717, 1.165) is 36.5 Å². The summed E-state index contributed by atoms with van der Waals surface area (Å²) in [6, 6.07) is 0. The molecule has 118 valence electrons. The Morgan fingerprint density at radius 2 is 2.33 bits per heavy atom. The van der Waals surface area contributed by atoms with Gasteiger partial charge in [-0.1, -0.05) is 13.8 Å². The lowest BCUT2D eigenvalue weighted by Crippen LogP contribution is -2.41. The van der Waals surface area contributed by atoms with Crippen molar-refractivity contribution >= 4 is 5.96 Å². The summed E-state index contributed by atoms with van der Waals surface area (Å²) in [5.41, 5.74) is 0.305. The zero-order valence-corrected chi connectivity index (χ0v) is 12.8. The predicted octanol–water partition coefficient (Wildman–Crippen LogP) is 2.48. The van der Waals surface area contributed by atoms with Crippen molar-refractivity contribution in [3.05, 3.63) is 18.2 Å². The van der Waals surface area contributed by atoms with E-state index in [-0.39, 0.29) is 6.54 Å². The third-order valence-electron chi connectivity index (χ3n) is 4.29. The van der Waals surface area contributed by atoms with Gasteiger partial charge in [-0.2, -0.15) is 8.78 Å². The molecule has 0 spiro atoms. The molecule has 2 rings (SSSR count). The van der Waals surface area contributed by atoms with Crippen molar-refractivity contribution in [1.29, 1.82) is 0 Å². The molecule has 0 amide bonds. The zero-order valence-electron chi connectivity index (χ0n) is 12.8. The van der Waals surface area contributed by atoms with Crippen molar-refractivity contribution in [1.82, 2.24) is 19.8 Å². The highest BCUT2D eigenvalue weighted by Crippen LogP contribution is 2.32. The minimum Gasteiger partial charge on any atom is -0.349 e. The molecule has 0 saturated carbocycles. The smallest absolute Gasteiger partial charge is 0.319 e. The van der Waals surface area contributed by atoms with Crippen molar-refractivity contribution in [3.8, 4) is 0 Å². The van der Waals surface area contributed by atoms with Gasteiger partial charge in [0, 0.05) is 32.5 Å². The first kappa shape index (κ1) is 15.7. The molecule has 0 aliphatic carbocycles. The van der Waals surface area contributed by atoms with Crippen molar-refractivity contribution in [2.45, 2.75) is 39.8 Å². The summed E-state index contributed by atoms with van der Waals surface area (Å²) in [6.07, 6.45) is 4.91. The van der Waals surface area contributed by atoms with E-state index in [0.29, 0.717) is 11.2 Å². The van der Waals surface area contributed by atoms with Crippen LogP contribution in [-0.2, 0) is 6.54 Å². The van der Waals surface area contributed by atoms with Crippen LogP contribution in [0.3, 0.4) is 0 Å². The van der Waals surface area contributed by atoms with Gasteiger partial charge in [-0.15, -0.1) is 0 Å². The molecule has 0 radical (unpaired) electrons. The Balaban J connectivity index is 1.97. The van der Waals surface area contributed by atoms with Crippen LogP contribution >= 0.6 is 0 Å². The summed E-state index contributed by atoms with van der Waals surface area (Å²) in [5.74, 6) is 1.06. The molecule has 1 N–H and O–H groups in total. The quantitative estimate of drug-likeness (QED) is 0.686. The molecule has 1 unspecified atom stereocenters. The third-order valence-corrected chi connectivity index (χ3v) is 4.29. The monoisotopic (exact) mass is 299 g/mol. The summed E-state index contributed by atoms with van der Waals surface area (Å²) in [4.78, 5) is 10.4. The maximum absolute atomic E-state index is 12.8. The highest BCUT2D eigenvalue weighted by molar-refractivity contribution is 5.80. The number of halogens is 2. The van der Waals surface area contributed by atoms with Gasteiger partial charge in [-0.25, -0.2) is 4.98 Å². The van der Waals surface area contributed by atoms with Gasteiger partial charge >= 0.3 is 6.55 Å². The van der Waals surface area contributed by atoms with Crippen molar-refractivity contribution in [2.24, 2.45) is 10.4 Å². The van der Waals surface area contributed by atoms with Gasteiger partial charge in [0.2, 0.25) is 0 Å². The Hall–Kier alpha value is -1.66. The third kappa shape index (κ3) is 3.51. The lowest BCUT2D eigenvalue weighted by Gasteiger charge is -2.25. The number of aromatic nitrogens is 2. The Labute approximate surface area is 124 Å². The molecule has 1 aromatic rings. The topological polar surface area (TPSA) is 45.4 Å². The van der Waals surface area contributed by atoms with Gasteiger partial charge in [0.25, 0.3) is 0 Å². The Bertz CT molecular complexity index is 499. The van der Waals surface area contributed by atoms with Crippen molar-refractivity contribution < 1.29 is 8.78 Å². The van der Waals surface area contributed by atoms with E-state index in [1.54, 1.807) is 7.05 Å². The Morgan fingerprint density at radius 1 is 1.57 bits per heavy atom. The largest absolute Gasteiger partial charge is 0.349 e. The van der Waals surface area contributed by atoms with Crippen LogP contribution in [-0.4, -0.2) is 40.5 Å². The summed E-state index contributed by atoms with van der Waals surface area (Å²) in [5, 5.41) is 3.13. The van der Waals surface area contributed by atoms with Gasteiger partial charge in [-0.3, -0.25) is 9.56 Å². The molecule has 1 aliphatic rings. The summed E-state index contributed by atoms with van der Waals surface area (Å²) in [6.45, 7) is 4.01. The Kier molecular flexibility index (Phi) is 4.80. The fraction of sp³-hybridized carbons (Fsp3) is 0.714. The molecular formula is C14H23F2N5. The maximum atomic E-state index is 12.8. The first-order chi connectivity index (χ1) is 9.99. The minimum absolute atomic E-state index is 0.239. The molecule has 21 heavy (non-hydrogen) atoms. The average Bonchev–Trinajstić information content (AvgIpc) is 3.07. The van der Waals surface area contributed by atoms with Crippen LogP contribution in [0.1, 0.15) is 39.1 Å². The number of nitrogens with zero attached hydrogens (tertiary/aromatic N) is 4. The Morgan fingerprint density at radius 3 is 2.90 bits per heavy atom. The van der Waals surface area contributed by atoms with Gasteiger partial charge in [0.15, 0.2) is 5.96 Å². The number of hydrogen-bond donors (Lipinski definition) is 1. The summed E-state index contributed by atoms with van der Waals surface area (Å²) in [7, 11) is 1.71. The van der Waals surface area contributed by atoms with E-state index in [9.17, 15) is 8.78 Å². The highest BCUT2D eigenvalue weighted by Gasteiger charge is 2.33. The van der Waals surface area contributed by atoms with E-state index in [1.807, 2.05) is 0 Å². The summed E-state index contributed by atoms with van der Waals surface area (Å²) < 4.78 is 26.4. The zero-order chi connectivity index (χ0) is 15.5. The molecule has 0 aromatic carbocycles. The highest BCUT2D eigenvalue weighted by atomic mass is 19.3. The number of nitrogens with one attached hydrogen (secondary N) is 1. The molecule has 1 fully saturated rings. The molecule has 1 aliphatic heterocycles. The van der Waals surface area contributed by atoms with E-state index >= 15 is 0 Å². The summed E-state index contributed by atoms with van der Waals surface area (Å²) >= 11 is 0. The second kappa shape index (κ2) is 6.41. The molecule has 1 atom stereocenters. The van der Waals surface area contributed by atoms with Crippen LogP contribution in [0.2, 0.25) is 0 Å². The first-order valence-corrected chi connectivity index (χ1v) is 7.24. The van der Waals surface area contributed by atoms with Crippen molar-refractivity contribution in [2.75, 3.05) is 20.1 Å². The SMILES string of the molecule is CCC1(C)CCN(C(=NC)NCc2nccn2C(F)F)C1. The first-order valence-electron chi connectivity index (χ1n) is 7.24. The second-order valence-corrected chi connectivity index (χ2v) is 5.76. The predicted molar refractivity (Wildman–Crippen MR) is 78.3 cm³/mol. The number of aliphatic imine (C=N–C) groups is 1. The van der Waals surface area contributed by atoms with Crippen LogP contribution < -0.4 is 5.32 Å². The number of likely N-dealkylation sites (tertiary alicyclic amines) is 1. The second-order valence-electron chi connectivity index (χ2n) is 5.76. The number of alkyl halides is 2. The standard InChI is InChI=1S/C14H23F2N5/c1-4-14(2)5-7-20(10-14)13(17-3)19-9-11-18-6-8-21(11)12(15)16/h6,8,12H,4-5,7,9-10H2,1-3H3,(H,17,19). The number of imidazole rings is 1. The minimum atomic E-state index is -2.57. The number of hydrogen-bond acceptors (Lipinski definition) is 2. The number of rotatable bonds is 4. The molecule has 5 nitrogen and oxygen atoms in total. The average molecular weight is 299 g/mol. The normalized spacial score (nSPS) is 23.1. The van der Waals surface area contributed by atoms with Crippen LogP contribution in [0.5, 0.6) is 0 Å². The lowest BCUT2D eigenvalue weighted by molar-refractivity contribution is 0.0668. The van der Waals surface area contributed by atoms with Crippen LogP contribution in [0.15, 0.2) is 17.4 Å². The van der Waals surface area contributed by atoms with Crippen LogP contribution in [0.4, 0.5) is 8.78 Å². The molecule has 2 heterocycles. The fourth-order valence-electron chi connectivity index (χ4n) is 2.64. The van der Waals surface area contributed by atoms with Gasteiger partial charge in [-0.05, 0) is 18.3 Å². The van der Waals surface area contributed by atoms with E-state index < -0.39 is 6.55 Å². The number of guanidine groups is 1. The molecule has 1 aromatic heterocycles. The maximum Gasteiger partial charge on any atom is 0.319 e. The fourth-order valence-corrected chi connectivity index (χ4v) is 2.64. The van der Waals surface area contributed by atoms with Crippen molar-refractivity contribution in [3.63, 3.8) is 0 Å². The van der Waals surface area contributed by atoms with Crippen LogP contribution in [0.25, 0.3) is 0 Å². The molecule has 0 bridgehead atoms. The molecular weight excluding hydrogens is 276 g/mol. The lowest BCUT2D eigenvalue weighted by atomic mass is 9.87. The van der Waals surface area contributed by atoms with Crippen LogP contribution in [0, 0.1) is 5.41 Å². The van der Waals surface area contributed by atoms with Gasteiger partial charge < -0.3 is 10.2 Å². The van der Waals surface area contributed by atoms with E-state index in [1.165, 1.54) is 12.4 Å².